The van der Waals surface area contributed by atoms with Crippen molar-refractivity contribution in [1.29, 1.82) is 0 Å². The van der Waals surface area contributed by atoms with Gasteiger partial charge < -0.3 is 14.8 Å². The van der Waals surface area contributed by atoms with Crippen molar-refractivity contribution < 1.29 is 14.3 Å². The number of rotatable bonds is 6. The molecule has 2 unspecified atom stereocenters. The molecule has 2 N–H and O–H groups in total. The molecule has 0 radical (unpaired) electrons. The van der Waals surface area contributed by atoms with Gasteiger partial charge in [-0.3, -0.25) is 9.78 Å². The molecule has 2 atom stereocenters. The lowest BCUT2D eigenvalue weighted by Crippen LogP contribution is -2.33. The van der Waals surface area contributed by atoms with Crippen LogP contribution in [-0.2, 0) is 0 Å². The summed E-state index contributed by atoms with van der Waals surface area (Å²) in [4.78, 5) is 16.4. The largest absolute Gasteiger partial charge is 0.467 e. The minimum Gasteiger partial charge on any atom is -0.467 e. The van der Waals surface area contributed by atoms with Crippen LogP contribution in [0, 0.1) is 0 Å². The Bertz CT molecular complexity index is 591. The summed E-state index contributed by atoms with van der Waals surface area (Å²) in [5, 5.41) is 12.9. The minimum absolute atomic E-state index is 0.183. The Kier molecular flexibility index (Phi) is 5.33. The van der Waals surface area contributed by atoms with E-state index in [-0.39, 0.29) is 11.9 Å². The lowest BCUT2D eigenvalue weighted by atomic mass is 10.1. The molecule has 0 aliphatic heterocycles. The van der Waals surface area contributed by atoms with E-state index in [0.29, 0.717) is 23.7 Å². The number of amides is 1. The second-order valence-electron chi connectivity index (χ2n) is 5.77. The maximum Gasteiger partial charge on any atom is 0.253 e. The van der Waals surface area contributed by atoms with Crippen LogP contribution in [0.5, 0.6) is 0 Å². The van der Waals surface area contributed by atoms with Crippen LogP contribution in [0.15, 0.2) is 41.1 Å². The van der Waals surface area contributed by atoms with Crippen LogP contribution in [-0.4, -0.2) is 22.0 Å². The van der Waals surface area contributed by atoms with Crippen LogP contribution in [0.25, 0.3) is 0 Å². The van der Waals surface area contributed by atoms with Crippen LogP contribution in [0.4, 0.5) is 0 Å². The predicted molar refractivity (Wildman–Crippen MR) is 83.5 cm³/mol. The van der Waals surface area contributed by atoms with Gasteiger partial charge in [0.15, 0.2) is 0 Å². The molecule has 5 heteroatoms. The van der Waals surface area contributed by atoms with Crippen molar-refractivity contribution in [3.63, 3.8) is 0 Å². The first-order valence-corrected chi connectivity index (χ1v) is 7.45. The van der Waals surface area contributed by atoms with Crippen LogP contribution in [0.3, 0.4) is 0 Å². The number of aromatic nitrogens is 1. The van der Waals surface area contributed by atoms with Crippen molar-refractivity contribution in [3.05, 3.63) is 53.7 Å². The molecule has 0 spiro atoms. The van der Waals surface area contributed by atoms with E-state index >= 15 is 0 Å². The first kappa shape index (κ1) is 16.2. The molecule has 0 aliphatic carbocycles. The molecule has 0 aliphatic rings. The quantitative estimate of drug-likeness (QED) is 0.860. The van der Waals surface area contributed by atoms with Crippen LogP contribution < -0.4 is 5.32 Å². The number of hydrogen-bond donors (Lipinski definition) is 2. The molecule has 0 saturated heterocycles. The Morgan fingerprint density at radius 2 is 2.09 bits per heavy atom. The molecule has 118 valence electrons. The monoisotopic (exact) mass is 302 g/mol. The molecule has 1 amide bonds. The fourth-order valence-corrected chi connectivity index (χ4v) is 2.18. The Balaban J connectivity index is 1.90. The summed E-state index contributed by atoms with van der Waals surface area (Å²) in [7, 11) is 0. The third kappa shape index (κ3) is 4.18. The summed E-state index contributed by atoms with van der Waals surface area (Å²) in [5.41, 5.74) is 1.47. The molecular formula is C17H22N2O3. The van der Waals surface area contributed by atoms with E-state index < -0.39 is 6.10 Å². The summed E-state index contributed by atoms with van der Waals surface area (Å²) in [6.45, 7) is 5.96. The number of furan rings is 1. The van der Waals surface area contributed by atoms with Gasteiger partial charge in [0.25, 0.3) is 5.91 Å². The number of carbonyl (C=O) groups excluding carboxylic acids is 1. The highest BCUT2D eigenvalue weighted by Gasteiger charge is 2.17. The summed E-state index contributed by atoms with van der Waals surface area (Å²) < 4.78 is 5.15. The van der Waals surface area contributed by atoms with Gasteiger partial charge in [0.2, 0.25) is 0 Å². The van der Waals surface area contributed by atoms with E-state index in [0.717, 1.165) is 5.69 Å². The number of nitrogens with one attached hydrogen (secondary N) is 1. The van der Waals surface area contributed by atoms with Gasteiger partial charge in [0, 0.05) is 24.4 Å². The zero-order chi connectivity index (χ0) is 16.1. The maximum absolute atomic E-state index is 12.1. The van der Waals surface area contributed by atoms with Crippen molar-refractivity contribution >= 4 is 5.91 Å². The SMILES string of the molecule is CC(CC(O)c1ccco1)NC(=O)c1ccc(C(C)C)nc1. The summed E-state index contributed by atoms with van der Waals surface area (Å²) >= 11 is 0. The Hall–Kier alpha value is -2.14. The number of aliphatic hydroxyl groups excluding tert-OH is 1. The number of pyridine rings is 1. The lowest BCUT2D eigenvalue weighted by molar-refractivity contribution is 0.0902. The molecule has 22 heavy (non-hydrogen) atoms. The molecule has 5 nitrogen and oxygen atoms in total. The smallest absolute Gasteiger partial charge is 0.253 e. The van der Waals surface area contributed by atoms with E-state index in [1.807, 2.05) is 13.0 Å². The topological polar surface area (TPSA) is 75.4 Å². The van der Waals surface area contributed by atoms with Crippen molar-refractivity contribution in [1.82, 2.24) is 10.3 Å². The van der Waals surface area contributed by atoms with Crippen LogP contribution >= 0.6 is 0 Å². The Morgan fingerprint density at radius 1 is 1.32 bits per heavy atom. The number of hydrogen-bond acceptors (Lipinski definition) is 4. The van der Waals surface area contributed by atoms with Gasteiger partial charge >= 0.3 is 0 Å². The van der Waals surface area contributed by atoms with Gasteiger partial charge in [0.05, 0.1) is 11.8 Å². The molecule has 0 bridgehead atoms. The number of carbonyl (C=O) groups is 1. The highest BCUT2D eigenvalue weighted by Crippen LogP contribution is 2.18. The summed E-state index contributed by atoms with van der Waals surface area (Å²) in [5.74, 6) is 0.644. The van der Waals surface area contributed by atoms with Gasteiger partial charge in [-0.25, -0.2) is 0 Å². The minimum atomic E-state index is -0.730. The van der Waals surface area contributed by atoms with E-state index in [1.165, 1.54) is 6.26 Å². The molecule has 0 fully saturated rings. The third-order valence-electron chi connectivity index (χ3n) is 3.47. The molecule has 0 aromatic carbocycles. The third-order valence-corrected chi connectivity index (χ3v) is 3.47. The van der Waals surface area contributed by atoms with Crippen molar-refractivity contribution in [2.75, 3.05) is 0 Å². The molecule has 2 aromatic heterocycles. The zero-order valence-electron chi connectivity index (χ0n) is 13.1. The van der Waals surface area contributed by atoms with Gasteiger partial charge in [-0.1, -0.05) is 13.8 Å². The van der Waals surface area contributed by atoms with Crippen molar-refractivity contribution in [2.24, 2.45) is 0 Å². The van der Waals surface area contributed by atoms with E-state index in [2.05, 4.69) is 24.1 Å². The second-order valence-corrected chi connectivity index (χ2v) is 5.77. The van der Waals surface area contributed by atoms with Gasteiger partial charge in [-0.05, 0) is 37.1 Å². The standard InChI is InChI=1S/C17H22N2O3/c1-11(2)14-7-6-13(10-18-14)17(21)19-12(3)9-15(20)16-5-4-8-22-16/h4-8,10-12,15,20H,9H2,1-3H3,(H,19,21). The molecule has 2 aromatic rings. The van der Waals surface area contributed by atoms with Crippen LogP contribution in [0.2, 0.25) is 0 Å². The average Bonchev–Trinajstić information content (AvgIpc) is 3.01. The van der Waals surface area contributed by atoms with E-state index in [1.54, 1.807) is 24.4 Å². The molecule has 2 rings (SSSR count). The first-order chi connectivity index (χ1) is 10.5. The molecule has 2 heterocycles. The normalized spacial score (nSPS) is 13.9. The van der Waals surface area contributed by atoms with E-state index in [4.69, 9.17) is 4.42 Å². The highest BCUT2D eigenvalue weighted by molar-refractivity contribution is 5.94. The average molecular weight is 302 g/mol. The van der Waals surface area contributed by atoms with Crippen molar-refractivity contribution in [3.8, 4) is 0 Å². The lowest BCUT2D eigenvalue weighted by Gasteiger charge is -2.16. The zero-order valence-corrected chi connectivity index (χ0v) is 13.1. The highest BCUT2D eigenvalue weighted by atomic mass is 16.4. The van der Waals surface area contributed by atoms with Crippen LogP contribution in [0.1, 0.15) is 61.0 Å². The number of aliphatic hydroxyl groups is 1. The van der Waals surface area contributed by atoms with Crippen molar-refractivity contribution in [2.45, 2.75) is 45.3 Å². The Morgan fingerprint density at radius 3 is 2.64 bits per heavy atom. The number of nitrogens with zero attached hydrogens (tertiary/aromatic N) is 1. The predicted octanol–water partition coefficient (Wildman–Crippen LogP) is 3.04. The summed E-state index contributed by atoms with van der Waals surface area (Å²) in [6.07, 6.45) is 2.76. The Labute approximate surface area is 130 Å². The maximum atomic E-state index is 12.1. The fourth-order valence-electron chi connectivity index (χ4n) is 2.18. The first-order valence-electron chi connectivity index (χ1n) is 7.45. The second kappa shape index (κ2) is 7.22. The molecular weight excluding hydrogens is 280 g/mol. The van der Waals surface area contributed by atoms with Gasteiger partial charge in [0.1, 0.15) is 11.9 Å². The van der Waals surface area contributed by atoms with E-state index in [9.17, 15) is 9.90 Å². The molecule has 0 saturated carbocycles. The summed E-state index contributed by atoms with van der Waals surface area (Å²) in [6, 6.07) is 6.89. The van der Waals surface area contributed by atoms with Gasteiger partial charge in [-0.2, -0.15) is 0 Å². The fraction of sp³-hybridized carbons (Fsp3) is 0.412. The van der Waals surface area contributed by atoms with Gasteiger partial charge in [-0.15, -0.1) is 0 Å².